The monoisotopic (exact) mass is 287 g/mol. The molecule has 1 aromatic rings. The van der Waals surface area contributed by atoms with Crippen LogP contribution in [0.2, 0.25) is 0 Å². The van der Waals surface area contributed by atoms with E-state index >= 15 is 0 Å². The number of nitrogens with one attached hydrogen (secondary N) is 1. The van der Waals surface area contributed by atoms with Crippen molar-refractivity contribution in [3.05, 3.63) is 11.4 Å². The molecule has 1 heterocycles. The molecule has 106 valence electrons. The van der Waals surface area contributed by atoms with E-state index in [0.717, 1.165) is 6.42 Å². The van der Waals surface area contributed by atoms with Crippen molar-refractivity contribution in [2.45, 2.75) is 37.5 Å². The molecule has 0 aliphatic heterocycles. The molecule has 0 aromatic carbocycles. The molecule has 19 heavy (non-hydrogen) atoms. The van der Waals surface area contributed by atoms with Gasteiger partial charge in [0.2, 0.25) is 10.0 Å². The molecule has 2 rings (SSSR count). The maximum Gasteiger partial charge on any atom is 0.360 e. The number of hydrogen-bond donors (Lipinski definition) is 2. The lowest BCUT2D eigenvalue weighted by Gasteiger charge is -2.04. The maximum atomic E-state index is 11.8. The van der Waals surface area contributed by atoms with Crippen LogP contribution in [0.15, 0.2) is 4.90 Å². The van der Waals surface area contributed by atoms with E-state index in [1.807, 2.05) is 0 Å². The number of esters is 1. The van der Waals surface area contributed by atoms with Crippen molar-refractivity contribution in [2.75, 3.05) is 6.61 Å². The molecule has 3 N–H and O–H groups in total. The first kappa shape index (κ1) is 14.0. The van der Waals surface area contributed by atoms with Crippen LogP contribution in [-0.4, -0.2) is 31.2 Å². The number of ether oxygens (including phenoxy) is 1. The van der Waals surface area contributed by atoms with Gasteiger partial charge in [0, 0.05) is 0 Å². The van der Waals surface area contributed by atoms with Gasteiger partial charge in [-0.1, -0.05) is 19.8 Å². The zero-order valence-electron chi connectivity index (χ0n) is 10.7. The van der Waals surface area contributed by atoms with Gasteiger partial charge in [-0.3, -0.25) is 5.10 Å². The lowest BCUT2D eigenvalue weighted by atomic mass is 10.3. The van der Waals surface area contributed by atoms with Gasteiger partial charge in [-0.05, 0) is 18.8 Å². The molecule has 0 saturated heterocycles. The molecule has 1 aliphatic carbocycles. The Morgan fingerprint density at radius 2 is 2.21 bits per heavy atom. The van der Waals surface area contributed by atoms with E-state index in [0.29, 0.717) is 18.0 Å². The van der Waals surface area contributed by atoms with Gasteiger partial charge in [-0.15, -0.1) is 0 Å². The summed E-state index contributed by atoms with van der Waals surface area (Å²) < 4.78 is 28.0. The third-order valence-electron chi connectivity index (χ3n) is 3.08. The molecular formula is C11H17N3O4S. The summed E-state index contributed by atoms with van der Waals surface area (Å²) in [5.74, 6) is -0.114. The minimum atomic E-state index is -4.00. The number of sulfonamides is 1. The van der Waals surface area contributed by atoms with Crippen LogP contribution in [0.25, 0.3) is 0 Å². The quantitative estimate of drug-likeness (QED) is 0.742. The topological polar surface area (TPSA) is 115 Å². The summed E-state index contributed by atoms with van der Waals surface area (Å²) in [6.07, 6.45) is 3.53. The number of aromatic amines is 1. The van der Waals surface area contributed by atoms with Gasteiger partial charge in [0.1, 0.15) is 4.90 Å². The molecule has 1 fully saturated rings. The number of carbonyl (C=O) groups is 1. The van der Waals surface area contributed by atoms with Crippen LogP contribution < -0.4 is 5.14 Å². The highest BCUT2D eigenvalue weighted by Gasteiger charge is 2.28. The van der Waals surface area contributed by atoms with E-state index in [1.54, 1.807) is 6.92 Å². The zero-order chi connectivity index (χ0) is 14.0. The fraction of sp³-hybridized carbons (Fsp3) is 0.636. The first-order valence-electron chi connectivity index (χ1n) is 6.20. The molecule has 1 aliphatic rings. The Hall–Kier alpha value is -1.41. The Kier molecular flexibility index (Phi) is 3.91. The molecule has 0 amide bonds. The summed E-state index contributed by atoms with van der Waals surface area (Å²) in [7, 11) is -4.00. The van der Waals surface area contributed by atoms with Crippen molar-refractivity contribution in [1.82, 2.24) is 10.2 Å². The van der Waals surface area contributed by atoms with Crippen LogP contribution in [0.1, 0.15) is 42.4 Å². The Bertz CT molecular complexity index is 575. The van der Waals surface area contributed by atoms with E-state index in [4.69, 9.17) is 9.88 Å². The van der Waals surface area contributed by atoms with Crippen molar-refractivity contribution >= 4 is 16.0 Å². The van der Waals surface area contributed by atoms with E-state index in [1.165, 1.54) is 12.8 Å². The minimum absolute atomic E-state index is 0.254. The van der Waals surface area contributed by atoms with Crippen LogP contribution in [0.3, 0.4) is 0 Å². The average molecular weight is 287 g/mol. The number of H-pyrrole nitrogens is 1. The second kappa shape index (κ2) is 5.30. The fourth-order valence-electron chi connectivity index (χ4n) is 1.85. The molecule has 0 bridgehead atoms. The highest BCUT2D eigenvalue weighted by Crippen LogP contribution is 2.32. The van der Waals surface area contributed by atoms with Crippen molar-refractivity contribution < 1.29 is 17.9 Å². The Labute approximate surface area is 111 Å². The lowest BCUT2D eigenvalue weighted by Crippen LogP contribution is -2.18. The third-order valence-corrected chi connectivity index (χ3v) is 4.09. The number of nitrogens with two attached hydrogens (primary N) is 1. The molecule has 0 atom stereocenters. The van der Waals surface area contributed by atoms with Gasteiger partial charge < -0.3 is 4.74 Å². The Morgan fingerprint density at radius 1 is 1.53 bits per heavy atom. The third kappa shape index (κ3) is 3.32. The highest BCUT2D eigenvalue weighted by atomic mass is 32.2. The first-order valence-corrected chi connectivity index (χ1v) is 7.75. The number of aryl methyl sites for hydroxylation is 1. The van der Waals surface area contributed by atoms with Crippen LogP contribution in [-0.2, 0) is 21.2 Å². The Morgan fingerprint density at radius 3 is 2.74 bits per heavy atom. The largest absolute Gasteiger partial charge is 0.461 e. The second-order valence-electron chi connectivity index (χ2n) is 4.65. The lowest BCUT2D eigenvalue weighted by molar-refractivity contribution is 0.0483. The van der Waals surface area contributed by atoms with Gasteiger partial charge in [0.05, 0.1) is 12.3 Å². The second-order valence-corrected chi connectivity index (χ2v) is 6.14. The van der Waals surface area contributed by atoms with Gasteiger partial charge >= 0.3 is 5.97 Å². The highest BCUT2D eigenvalue weighted by molar-refractivity contribution is 7.89. The number of primary sulfonamides is 1. The van der Waals surface area contributed by atoms with Crippen LogP contribution in [0, 0.1) is 5.92 Å². The maximum absolute atomic E-state index is 11.8. The van der Waals surface area contributed by atoms with Crippen LogP contribution >= 0.6 is 0 Å². The van der Waals surface area contributed by atoms with E-state index in [-0.39, 0.29) is 17.2 Å². The molecular weight excluding hydrogens is 270 g/mol. The summed E-state index contributed by atoms with van der Waals surface area (Å²) in [6.45, 7) is 2.02. The predicted octanol–water partition coefficient (Wildman–Crippen LogP) is 0.576. The molecule has 8 heteroatoms. The van der Waals surface area contributed by atoms with Gasteiger partial charge in [0.15, 0.2) is 5.69 Å². The number of carbonyl (C=O) groups excluding carboxylic acids is 1. The predicted molar refractivity (Wildman–Crippen MR) is 67.0 cm³/mol. The molecule has 1 saturated carbocycles. The standard InChI is InChI=1S/C11H17N3O4S/c1-2-8-10(19(12,16)17)9(14-13-8)11(15)18-6-5-7-3-4-7/h7H,2-6H2,1H3,(H,13,14)(H2,12,16,17). The summed E-state index contributed by atoms with van der Waals surface area (Å²) in [4.78, 5) is 11.6. The number of nitrogens with zero attached hydrogens (tertiary/aromatic N) is 1. The first-order chi connectivity index (χ1) is 8.93. The van der Waals surface area contributed by atoms with Crippen LogP contribution in [0.4, 0.5) is 0 Å². The van der Waals surface area contributed by atoms with Gasteiger partial charge in [-0.25, -0.2) is 18.4 Å². The van der Waals surface area contributed by atoms with Crippen molar-refractivity contribution in [2.24, 2.45) is 11.1 Å². The summed E-state index contributed by atoms with van der Waals surface area (Å²) in [5, 5.41) is 11.3. The molecule has 0 spiro atoms. The van der Waals surface area contributed by atoms with Gasteiger partial charge in [0.25, 0.3) is 0 Å². The van der Waals surface area contributed by atoms with Gasteiger partial charge in [-0.2, -0.15) is 5.10 Å². The molecule has 1 aromatic heterocycles. The number of hydrogen-bond acceptors (Lipinski definition) is 5. The Balaban J connectivity index is 2.13. The fourth-order valence-corrected chi connectivity index (χ4v) is 2.78. The van der Waals surface area contributed by atoms with E-state index in [2.05, 4.69) is 10.2 Å². The molecule has 0 radical (unpaired) electrons. The van der Waals surface area contributed by atoms with Crippen molar-refractivity contribution in [3.63, 3.8) is 0 Å². The summed E-state index contributed by atoms with van der Waals surface area (Å²) >= 11 is 0. The SMILES string of the molecule is CCc1[nH]nc(C(=O)OCCC2CC2)c1S(N)(=O)=O. The number of aromatic nitrogens is 2. The minimum Gasteiger partial charge on any atom is -0.461 e. The number of rotatable bonds is 6. The molecule has 7 nitrogen and oxygen atoms in total. The average Bonchev–Trinajstić information content (AvgIpc) is 3.03. The van der Waals surface area contributed by atoms with E-state index < -0.39 is 16.0 Å². The molecule has 0 unspecified atom stereocenters. The summed E-state index contributed by atoms with van der Waals surface area (Å²) in [5.41, 5.74) is 0.0618. The smallest absolute Gasteiger partial charge is 0.360 e. The zero-order valence-corrected chi connectivity index (χ0v) is 11.5. The summed E-state index contributed by atoms with van der Waals surface area (Å²) in [6, 6.07) is 0. The van der Waals surface area contributed by atoms with Crippen molar-refractivity contribution in [3.8, 4) is 0 Å². The van der Waals surface area contributed by atoms with Crippen molar-refractivity contribution in [1.29, 1.82) is 0 Å². The normalized spacial score (nSPS) is 15.5. The van der Waals surface area contributed by atoms with E-state index in [9.17, 15) is 13.2 Å². The van der Waals surface area contributed by atoms with Crippen LogP contribution in [0.5, 0.6) is 0 Å².